The molecule has 13 nitrogen and oxygen atoms in total. The number of likely N-dealkylation sites (N-methyl/N-ethyl adjacent to an activating group) is 1. The molecule has 1 aliphatic heterocycles. The second-order valence-corrected chi connectivity index (χ2v) is 19.7. The van der Waals surface area contributed by atoms with Gasteiger partial charge in [0.2, 0.25) is 5.79 Å². The standard InChI is InChI=1S/C55H83N3O10/c1-7-9-10-11-12-13-14-15-16-22-31-56-52(61)66-43-29-30-48-46(38-43)50-44(28-21-24-33-60)42(27-20-23-32-59)37-45-47(57-68-54(3,4)5)39-49(55(67-48,51(45)50)65-34-8-2)58(6)53(62)64-36-35-63-40-41-25-18-17-19-26-41/h8,17-19,25-26,29-30,37-38,42,44,49-51,59-60H,2,7,9-16,20-24,27-28,31-36,39-40H2,1,3-6H3,(H,56,61)/t42-,44+,49-,50+,51+,55+/m0/s1. The first-order chi connectivity index (χ1) is 33.0. The normalized spacial score (nSPS) is 22.3. The van der Waals surface area contributed by atoms with E-state index in [1.165, 1.54) is 44.9 Å². The maximum atomic E-state index is 14.2. The number of unbranched alkanes of at least 4 members (excludes halogenated alkanes) is 11. The van der Waals surface area contributed by atoms with Crippen LogP contribution in [0.4, 0.5) is 9.59 Å². The second-order valence-electron chi connectivity index (χ2n) is 19.7. The van der Waals surface area contributed by atoms with Crippen molar-refractivity contribution in [2.24, 2.45) is 22.9 Å². The monoisotopic (exact) mass is 946 g/mol. The largest absolute Gasteiger partial charge is 0.459 e. The third-order valence-electron chi connectivity index (χ3n) is 13.4. The number of amides is 2. The van der Waals surface area contributed by atoms with Crippen molar-refractivity contribution in [3.63, 3.8) is 0 Å². The average Bonchev–Trinajstić information content (AvgIpc) is 3.32. The highest BCUT2D eigenvalue weighted by atomic mass is 16.7. The number of nitrogens with zero attached hydrogens (tertiary/aromatic N) is 2. The van der Waals surface area contributed by atoms with E-state index >= 15 is 0 Å². The maximum absolute atomic E-state index is 14.2. The van der Waals surface area contributed by atoms with E-state index in [1.54, 1.807) is 24.1 Å². The number of ether oxygens (including phenoxy) is 5. The minimum atomic E-state index is -1.45. The molecule has 2 amide bonds. The molecule has 3 N–H and O–H groups in total. The fourth-order valence-corrected chi connectivity index (χ4v) is 10.1. The molecular formula is C55H83N3O10. The van der Waals surface area contributed by atoms with E-state index in [9.17, 15) is 19.8 Å². The maximum Gasteiger partial charge on any atom is 0.412 e. The third-order valence-corrected chi connectivity index (χ3v) is 13.4. The summed E-state index contributed by atoms with van der Waals surface area (Å²) in [4.78, 5) is 35.3. The Morgan fingerprint density at radius 3 is 2.28 bits per heavy atom. The zero-order valence-electron chi connectivity index (χ0n) is 41.9. The summed E-state index contributed by atoms with van der Waals surface area (Å²) >= 11 is 0. The fourth-order valence-electron chi connectivity index (χ4n) is 10.1. The van der Waals surface area contributed by atoms with E-state index in [2.05, 4.69) is 24.9 Å². The highest BCUT2D eigenvalue weighted by molar-refractivity contribution is 6.03. The molecule has 0 radical (unpaired) electrons. The second kappa shape index (κ2) is 28.3. The van der Waals surface area contributed by atoms with Crippen molar-refractivity contribution in [2.45, 2.75) is 167 Å². The van der Waals surface area contributed by atoms with Crippen LogP contribution in [0.1, 0.15) is 154 Å². The molecule has 0 bridgehead atoms. The van der Waals surface area contributed by atoms with Gasteiger partial charge < -0.3 is 49.0 Å². The molecule has 2 aliphatic carbocycles. The topological polar surface area (TPSA) is 158 Å². The van der Waals surface area contributed by atoms with Crippen LogP contribution in [0.15, 0.2) is 78.0 Å². The highest BCUT2D eigenvalue weighted by Gasteiger charge is 2.65. The minimum absolute atomic E-state index is 0.00585. The van der Waals surface area contributed by atoms with Gasteiger partial charge in [0.25, 0.3) is 0 Å². The Morgan fingerprint density at radius 1 is 0.912 bits per heavy atom. The molecule has 5 rings (SSSR count). The lowest BCUT2D eigenvalue weighted by Gasteiger charge is -2.59. The van der Waals surface area contributed by atoms with E-state index in [4.69, 9.17) is 33.7 Å². The van der Waals surface area contributed by atoms with Crippen LogP contribution in [0.3, 0.4) is 0 Å². The van der Waals surface area contributed by atoms with Crippen LogP contribution in [0.2, 0.25) is 0 Å². The number of hydrogen-bond acceptors (Lipinski definition) is 11. The number of nitrogens with one attached hydrogen (secondary N) is 1. The van der Waals surface area contributed by atoms with Crippen molar-refractivity contribution < 1.29 is 48.3 Å². The number of carbonyl (C=O) groups is 2. The van der Waals surface area contributed by atoms with Crippen LogP contribution >= 0.6 is 0 Å². The molecule has 68 heavy (non-hydrogen) atoms. The number of aliphatic hydroxyl groups is 2. The molecule has 13 heteroatoms. The Bertz CT molecular complexity index is 1900. The molecule has 1 fully saturated rings. The van der Waals surface area contributed by atoms with E-state index < -0.39 is 35.5 Å². The first-order valence-corrected chi connectivity index (χ1v) is 25.7. The summed E-state index contributed by atoms with van der Waals surface area (Å²) in [6.07, 6.45) is 19.7. The van der Waals surface area contributed by atoms with E-state index in [-0.39, 0.29) is 57.2 Å². The number of allylic oxidation sites excluding steroid dienone is 1. The Balaban J connectivity index is 1.48. The summed E-state index contributed by atoms with van der Waals surface area (Å²) in [5.74, 6) is -1.25. The summed E-state index contributed by atoms with van der Waals surface area (Å²) in [5, 5.41) is 27.7. The van der Waals surface area contributed by atoms with Crippen molar-refractivity contribution in [2.75, 3.05) is 46.6 Å². The first-order valence-electron chi connectivity index (χ1n) is 25.7. The lowest BCUT2D eigenvalue weighted by Crippen LogP contribution is -2.69. The van der Waals surface area contributed by atoms with Gasteiger partial charge in [0.05, 0.1) is 31.5 Å². The van der Waals surface area contributed by atoms with Crippen LogP contribution in [0, 0.1) is 17.8 Å². The van der Waals surface area contributed by atoms with Crippen molar-refractivity contribution in [1.82, 2.24) is 10.2 Å². The summed E-state index contributed by atoms with van der Waals surface area (Å²) in [7, 11) is 1.70. The number of rotatable bonds is 30. The van der Waals surface area contributed by atoms with Gasteiger partial charge in [-0.25, -0.2) is 9.59 Å². The molecule has 378 valence electrons. The predicted octanol–water partition coefficient (Wildman–Crippen LogP) is 11.4. The van der Waals surface area contributed by atoms with Gasteiger partial charge in [-0.2, -0.15) is 0 Å². The average molecular weight is 946 g/mol. The molecule has 0 unspecified atom stereocenters. The summed E-state index contributed by atoms with van der Waals surface area (Å²) in [6, 6.07) is 14.6. The van der Waals surface area contributed by atoms with Crippen molar-refractivity contribution in [1.29, 1.82) is 0 Å². The Morgan fingerprint density at radius 2 is 1.60 bits per heavy atom. The van der Waals surface area contributed by atoms with Crippen LogP contribution in [-0.4, -0.2) is 97.1 Å². The molecule has 6 atom stereocenters. The molecule has 2 aromatic carbocycles. The summed E-state index contributed by atoms with van der Waals surface area (Å²) < 4.78 is 31.9. The molecule has 1 saturated carbocycles. The van der Waals surface area contributed by atoms with Crippen LogP contribution < -0.4 is 14.8 Å². The Kier molecular flexibility index (Phi) is 22.7. The van der Waals surface area contributed by atoms with Gasteiger partial charge in [0, 0.05) is 44.7 Å². The summed E-state index contributed by atoms with van der Waals surface area (Å²) in [5.41, 5.74) is 2.86. The zero-order valence-corrected chi connectivity index (χ0v) is 41.9. The smallest absolute Gasteiger partial charge is 0.412 e. The molecule has 2 aromatic rings. The van der Waals surface area contributed by atoms with Gasteiger partial charge in [-0.1, -0.05) is 125 Å². The predicted molar refractivity (Wildman–Crippen MR) is 267 cm³/mol. The first kappa shape index (κ1) is 54.5. The van der Waals surface area contributed by atoms with E-state index in [0.717, 1.165) is 61.6 Å². The number of fused-ring (bicyclic) bond motifs is 2. The summed E-state index contributed by atoms with van der Waals surface area (Å²) in [6.45, 7) is 13.5. The zero-order chi connectivity index (χ0) is 48.8. The third kappa shape index (κ3) is 15.8. The fraction of sp³-hybridized carbons (Fsp3) is 0.655. The van der Waals surface area contributed by atoms with Gasteiger partial charge in [0.15, 0.2) is 0 Å². The quantitative estimate of drug-likeness (QED) is 0.0391. The van der Waals surface area contributed by atoms with Crippen molar-refractivity contribution in [3.8, 4) is 11.5 Å². The number of aliphatic hydroxyl groups excluding tert-OH is 2. The van der Waals surface area contributed by atoms with Crippen LogP contribution in [0.5, 0.6) is 11.5 Å². The molecular weight excluding hydrogens is 863 g/mol. The van der Waals surface area contributed by atoms with Gasteiger partial charge in [0.1, 0.15) is 29.7 Å². The lowest BCUT2D eigenvalue weighted by atomic mass is 9.55. The molecule has 0 saturated heterocycles. The lowest BCUT2D eigenvalue weighted by molar-refractivity contribution is -0.253. The Labute approximate surface area is 407 Å². The van der Waals surface area contributed by atoms with Crippen LogP contribution in [-0.2, 0) is 25.7 Å². The molecule has 3 aliphatic rings. The molecule has 0 aromatic heterocycles. The van der Waals surface area contributed by atoms with Gasteiger partial charge in [-0.15, -0.1) is 6.58 Å². The Hall–Kier alpha value is -4.43. The van der Waals surface area contributed by atoms with Crippen molar-refractivity contribution >= 4 is 17.9 Å². The van der Waals surface area contributed by atoms with Crippen molar-refractivity contribution in [3.05, 3.63) is 84.0 Å². The number of benzene rings is 2. The van der Waals surface area contributed by atoms with E-state index in [0.29, 0.717) is 43.2 Å². The van der Waals surface area contributed by atoms with Gasteiger partial charge in [-0.05, 0) is 94.0 Å². The number of oxime groups is 1. The minimum Gasteiger partial charge on any atom is -0.459 e. The molecule has 1 heterocycles. The number of hydrogen-bond donors (Lipinski definition) is 3. The van der Waals surface area contributed by atoms with Gasteiger partial charge >= 0.3 is 12.2 Å². The SMILES string of the molecule is C=CCO[C@@]12Oc3ccc(OC(=O)NCCCCCCCCCCCC)cc3[C@H]3[C@H](CCCCO)[C@@H](CCCCO)C=C(C(=NOC(C)(C)C)C[C@@H]1N(C)C(=O)OCCOCc1ccccc1)[C@H]32. The number of carbonyl (C=O) groups excluding carboxylic acids is 2. The van der Waals surface area contributed by atoms with Gasteiger partial charge in [-0.3, -0.25) is 0 Å². The highest BCUT2D eigenvalue weighted by Crippen LogP contribution is 2.62. The van der Waals surface area contributed by atoms with E-state index in [1.807, 2.05) is 63.2 Å². The molecule has 0 spiro atoms. The van der Waals surface area contributed by atoms with Crippen LogP contribution in [0.25, 0.3) is 0 Å².